The van der Waals surface area contributed by atoms with Crippen LogP contribution in [0.5, 0.6) is 17.2 Å². The van der Waals surface area contributed by atoms with E-state index in [1.165, 1.54) is 5.56 Å². The van der Waals surface area contributed by atoms with Crippen LogP contribution in [-0.4, -0.2) is 17.7 Å². The largest absolute Gasteiger partial charge is 0.493 e. The van der Waals surface area contributed by atoms with Crippen LogP contribution in [-0.2, 0) is 11.2 Å². The van der Waals surface area contributed by atoms with Crippen molar-refractivity contribution < 1.29 is 19.4 Å². The summed E-state index contributed by atoms with van der Waals surface area (Å²) in [7, 11) is 0. The highest BCUT2D eigenvalue weighted by molar-refractivity contribution is 5.63. The molecule has 4 nitrogen and oxygen atoms in total. The lowest BCUT2D eigenvalue weighted by Crippen LogP contribution is -2.05. The third-order valence-electron chi connectivity index (χ3n) is 2.95. The van der Waals surface area contributed by atoms with E-state index in [-0.39, 0.29) is 0 Å². The van der Waals surface area contributed by atoms with Crippen LogP contribution in [0.25, 0.3) is 0 Å². The first-order valence-electron chi connectivity index (χ1n) is 6.81. The lowest BCUT2D eigenvalue weighted by Gasteiger charge is -2.22. The Morgan fingerprint density at radius 2 is 1.86 bits per heavy atom. The fraction of sp³-hybridized carbons (Fsp3) is 0.235. The Morgan fingerprint density at radius 3 is 2.57 bits per heavy atom. The molecule has 1 heterocycles. The molecule has 0 radical (unpaired) electrons. The van der Waals surface area contributed by atoms with Gasteiger partial charge in [-0.2, -0.15) is 0 Å². The van der Waals surface area contributed by atoms with Gasteiger partial charge in [-0.3, -0.25) is 4.79 Å². The maximum atomic E-state index is 9.00. The highest BCUT2D eigenvalue weighted by atomic mass is 16.5. The number of ether oxygens (including phenoxy) is 2. The fourth-order valence-electron chi connectivity index (χ4n) is 2.16. The number of fused-ring (bicyclic) bond motifs is 2. The van der Waals surface area contributed by atoms with Crippen molar-refractivity contribution in [2.45, 2.75) is 20.3 Å². The normalized spacial score (nSPS) is 11.1. The Balaban J connectivity index is 0.000000361. The number of para-hydroxylation sites is 1. The predicted molar refractivity (Wildman–Crippen MR) is 80.2 cm³/mol. The van der Waals surface area contributed by atoms with Gasteiger partial charge in [-0.05, 0) is 30.7 Å². The monoisotopic (exact) mass is 286 g/mol. The summed E-state index contributed by atoms with van der Waals surface area (Å²) in [5.74, 6) is 1.96. The summed E-state index contributed by atoms with van der Waals surface area (Å²) in [4.78, 5) is 9.00. The number of aliphatic carboxylic acids is 1. The van der Waals surface area contributed by atoms with Crippen molar-refractivity contribution in [2.24, 2.45) is 0 Å². The zero-order chi connectivity index (χ0) is 15.2. The van der Waals surface area contributed by atoms with Crippen molar-refractivity contribution in [3.05, 3.63) is 53.6 Å². The van der Waals surface area contributed by atoms with E-state index in [1.54, 1.807) is 0 Å². The van der Waals surface area contributed by atoms with Crippen LogP contribution < -0.4 is 9.47 Å². The standard InChI is InChI=1S/C15H14O2.C2H4O2/c1-2-16-14-8-5-9-15-12(14)10-11-6-3-4-7-13(11)17-15;1-2(3)4/h3-9H,2,10H2,1H3;1H3,(H,3,4). The molecule has 0 bridgehead atoms. The Hall–Kier alpha value is -2.49. The SMILES string of the molecule is CC(=O)O.CCOc1cccc2c1Cc1ccccc1O2. The molecule has 0 aromatic heterocycles. The molecule has 1 aliphatic heterocycles. The van der Waals surface area contributed by atoms with E-state index in [4.69, 9.17) is 19.4 Å². The topological polar surface area (TPSA) is 55.8 Å². The molecule has 2 aromatic rings. The average Bonchev–Trinajstić information content (AvgIpc) is 2.45. The molecule has 4 heteroatoms. The van der Waals surface area contributed by atoms with Crippen LogP contribution in [0.15, 0.2) is 42.5 Å². The Bertz CT molecular complexity index is 630. The summed E-state index contributed by atoms with van der Waals surface area (Å²) in [6, 6.07) is 14.1. The molecule has 3 rings (SSSR count). The molecule has 1 aliphatic rings. The molecular weight excluding hydrogens is 268 g/mol. The summed E-state index contributed by atoms with van der Waals surface area (Å²) in [5.41, 5.74) is 2.36. The van der Waals surface area contributed by atoms with Gasteiger partial charge in [-0.15, -0.1) is 0 Å². The van der Waals surface area contributed by atoms with Gasteiger partial charge < -0.3 is 14.6 Å². The van der Waals surface area contributed by atoms with Crippen molar-refractivity contribution in [2.75, 3.05) is 6.61 Å². The smallest absolute Gasteiger partial charge is 0.300 e. The van der Waals surface area contributed by atoms with Gasteiger partial charge in [0, 0.05) is 18.9 Å². The molecule has 0 fully saturated rings. The van der Waals surface area contributed by atoms with Gasteiger partial charge in [0.2, 0.25) is 0 Å². The van der Waals surface area contributed by atoms with Crippen LogP contribution in [0.4, 0.5) is 0 Å². The second-order valence-corrected chi connectivity index (χ2v) is 4.57. The van der Waals surface area contributed by atoms with Gasteiger partial charge in [0.1, 0.15) is 17.2 Å². The highest BCUT2D eigenvalue weighted by Gasteiger charge is 2.19. The minimum atomic E-state index is -0.833. The fourth-order valence-corrected chi connectivity index (χ4v) is 2.16. The van der Waals surface area contributed by atoms with Crippen LogP contribution in [0, 0.1) is 0 Å². The first kappa shape index (κ1) is 14.9. The molecule has 0 aliphatic carbocycles. The first-order chi connectivity index (χ1) is 10.1. The van der Waals surface area contributed by atoms with Gasteiger partial charge >= 0.3 is 0 Å². The van der Waals surface area contributed by atoms with E-state index >= 15 is 0 Å². The summed E-state index contributed by atoms with van der Waals surface area (Å²) in [6.45, 7) is 3.76. The number of rotatable bonds is 2. The van der Waals surface area contributed by atoms with E-state index in [0.717, 1.165) is 36.2 Å². The zero-order valence-corrected chi connectivity index (χ0v) is 12.1. The lowest BCUT2D eigenvalue weighted by atomic mass is 9.99. The van der Waals surface area contributed by atoms with Crippen molar-refractivity contribution in [3.8, 4) is 17.2 Å². The Labute approximate surface area is 123 Å². The van der Waals surface area contributed by atoms with Crippen LogP contribution in [0.3, 0.4) is 0 Å². The molecule has 2 aromatic carbocycles. The van der Waals surface area contributed by atoms with Crippen molar-refractivity contribution in [1.82, 2.24) is 0 Å². The number of carbonyl (C=O) groups is 1. The molecule has 0 spiro atoms. The van der Waals surface area contributed by atoms with Crippen LogP contribution in [0.2, 0.25) is 0 Å². The maximum absolute atomic E-state index is 9.00. The van der Waals surface area contributed by atoms with Crippen LogP contribution in [0.1, 0.15) is 25.0 Å². The number of carboxylic acids is 1. The number of carboxylic acid groups (broad SMARTS) is 1. The van der Waals surface area contributed by atoms with Gasteiger partial charge in [0.25, 0.3) is 5.97 Å². The second kappa shape index (κ2) is 6.79. The molecule has 0 saturated heterocycles. The van der Waals surface area contributed by atoms with E-state index in [1.807, 2.05) is 43.3 Å². The first-order valence-corrected chi connectivity index (χ1v) is 6.81. The average molecular weight is 286 g/mol. The third kappa shape index (κ3) is 3.75. The summed E-state index contributed by atoms with van der Waals surface area (Å²) in [6.07, 6.45) is 0.877. The highest BCUT2D eigenvalue weighted by Crippen LogP contribution is 2.40. The maximum Gasteiger partial charge on any atom is 0.300 e. The van der Waals surface area contributed by atoms with E-state index in [2.05, 4.69) is 6.07 Å². The molecule has 0 unspecified atom stereocenters. The predicted octanol–water partition coefficient (Wildman–Crippen LogP) is 3.87. The van der Waals surface area contributed by atoms with E-state index < -0.39 is 5.97 Å². The van der Waals surface area contributed by atoms with Gasteiger partial charge in [-0.25, -0.2) is 0 Å². The Morgan fingerprint density at radius 1 is 1.19 bits per heavy atom. The molecule has 21 heavy (non-hydrogen) atoms. The third-order valence-corrected chi connectivity index (χ3v) is 2.95. The number of hydrogen-bond acceptors (Lipinski definition) is 3. The molecular formula is C17H18O4. The van der Waals surface area contributed by atoms with Gasteiger partial charge in [-0.1, -0.05) is 24.3 Å². The molecule has 1 N–H and O–H groups in total. The van der Waals surface area contributed by atoms with Crippen molar-refractivity contribution >= 4 is 5.97 Å². The minimum absolute atomic E-state index is 0.679. The summed E-state index contributed by atoms with van der Waals surface area (Å²) >= 11 is 0. The van der Waals surface area contributed by atoms with Gasteiger partial charge in [0.05, 0.1) is 6.61 Å². The lowest BCUT2D eigenvalue weighted by molar-refractivity contribution is -0.134. The van der Waals surface area contributed by atoms with Gasteiger partial charge in [0.15, 0.2) is 0 Å². The molecule has 0 atom stereocenters. The Kier molecular flexibility index (Phi) is 4.82. The van der Waals surface area contributed by atoms with Crippen molar-refractivity contribution in [3.63, 3.8) is 0 Å². The van der Waals surface area contributed by atoms with Crippen LogP contribution >= 0.6 is 0 Å². The summed E-state index contributed by atoms with van der Waals surface area (Å²) in [5, 5.41) is 7.42. The number of benzene rings is 2. The van der Waals surface area contributed by atoms with E-state index in [0.29, 0.717) is 6.61 Å². The van der Waals surface area contributed by atoms with Crippen molar-refractivity contribution in [1.29, 1.82) is 0 Å². The quantitative estimate of drug-likeness (QED) is 0.777. The van der Waals surface area contributed by atoms with E-state index in [9.17, 15) is 0 Å². The molecule has 0 amide bonds. The minimum Gasteiger partial charge on any atom is -0.493 e. The second-order valence-electron chi connectivity index (χ2n) is 4.57. The zero-order valence-electron chi connectivity index (χ0n) is 12.1. The summed E-state index contributed by atoms with van der Waals surface area (Å²) < 4.78 is 11.5. The molecule has 0 saturated carbocycles. The number of hydrogen-bond donors (Lipinski definition) is 1. The molecule has 110 valence electrons.